The van der Waals surface area contributed by atoms with Crippen LogP contribution in [-0.4, -0.2) is 73.2 Å². The number of benzene rings is 1. The standard InChI is InChI=1S/C16H24N2O5S/c1-16(19)13-18(24(20,21)17-9-11-22-12-10-17)8-7-15(16)23-14-5-3-2-4-6-14/h2-6,15,19H,7-13H2,1H3/t15-,16-/m0/s1. The molecule has 2 fully saturated rings. The molecule has 0 aliphatic carbocycles. The van der Waals surface area contributed by atoms with Gasteiger partial charge in [-0.15, -0.1) is 0 Å². The van der Waals surface area contributed by atoms with Crippen molar-refractivity contribution in [2.75, 3.05) is 39.4 Å². The first-order valence-electron chi connectivity index (χ1n) is 8.17. The number of aliphatic hydroxyl groups is 1. The summed E-state index contributed by atoms with van der Waals surface area (Å²) in [6.07, 6.45) is -0.0121. The second kappa shape index (κ2) is 6.97. The molecule has 0 radical (unpaired) electrons. The SMILES string of the molecule is C[C@]1(O)CN(S(=O)(=O)N2CCOCC2)CC[C@@H]1Oc1ccccc1. The summed E-state index contributed by atoms with van der Waals surface area (Å²) in [5.74, 6) is 0.673. The Morgan fingerprint density at radius 2 is 1.83 bits per heavy atom. The van der Waals surface area contributed by atoms with Gasteiger partial charge < -0.3 is 14.6 Å². The van der Waals surface area contributed by atoms with E-state index in [9.17, 15) is 13.5 Å². The monoisotopic (exact) mass is 356 g/mol. The fourth-order valence-electron chi connectivity index (χ4n) is 3.10. The van der Waals surface area contributed by atoms with E-state index in [0.29, 0.717) is 45.0 Å². The predicted octanol–water partition coefficient (Wildman–Crippen LogP) is 0.468. The zero-order chi connectivity index (χ0) is 17.2. The van der Waals surface area contributed by atoms with Crippen LogP contribution in [0.3, 0.4) is 0 Å². The molecule has 0 aromatic heterocycles. The van der Waals surface area contributed by atoms with E-state index in [1.165, 1.54) is 8.61 Å². The summed E-state index contributed by atoms with van der Waals surface area (Å²) in [6.45, 7) is 3.49. The Kier molecular flexibility index (Phi) is 5.12. The first-order valence-corrected chi connectivity index (χ1v) is 9.56. The minimum absolute atomic E-state index is 0.0180. The highest BCUT2D eigenvalue weighted by Gasteiger charge is 2.45. The van der Waals surface area contributed by atoms with Crippen LogP contribution >= 0.6 is 0 Å². The molecule has 0 bridgehead atoms. The molecular formula is C16H24N2O5S. The summed E-state index contributed by atoms with van der Waals surface area (Å²) in [7, 11) is -3.58. The molecule has 2 aliphatic rings. The summed E-state index contributed by atoms with van der Waals surface area (Å²) in [6, 6.07) is 9.27. The van der Waals surface area contributed by atoms with Crippen LogP contribution in [0.5, 0.6) is 5.75 Å². The molecule has 2 saturated heterocycles. The number of rotatable bonds is 4. The van der Waals surface area contributed by atoms with Crippen molar-refractivity contribution in [3.63, 3.8) is 0 Å². The van der Waals surface area contributed by atoms with Crippen LogP contribution in [0.4, 0.5) is 0 Å². The highest BCUT2D eigenvalue weighted by molar-refractivity contribution is 7.86. The zero-order valence-corrected chi connectivity index (χ0v) is 14.6. The number of morpholine rings is 1. The van der Waals surface area contributed by atoms with Crippen molar-refractivity contribution in [3.8, 4) is 5.75 Å². The second-order valence-electron chi connectivity index (χ2n) is 6.42. The third kappa shape index (κ3) is 3.73. The van der Waals surface area contributed by atoms with Crippen LogP contribution in [-0.2, 0) is 14.9 Å². The maximum absolute atomic E-state index is 12.7. The lowest BCUT2D eigenvalue weighted by Crippen LogP contribution is -2.61. The van der Waals surface area contributed by atoms with Crippen molar-refractivity contribution in [3.05, 3.63) is 30.3 Å². The van der Waals surface area contributed by atoms with Gasteiger partial charge in [-0.05, 0) is 19.1 Å². The van der Waals surface area contributed by atoms with E-state index < -0.39 is 21.9 Å². The minimum Gasteiger partial charge on any atom is -0.487 e. The maximum atomic E-state index is 12.7. The van der Waals surface area contributed by atoms with Crippen molar-refractivity contribution in [2.45, 2.75) is 25.0 Å². The van der Waals surface area contributed by atoms with E-state index in [4.69, 9.17) is 9.47 Å². The van der Waals surface area contributed by atoms with Gasteiger partial charge in [0, 0.05) is 32.6 Å². The third-order valence-corrected chi connectivity index (χ3v) is 6.46. The summed E-state index contributed by atoms with van der Waals surface area (Å²) < 4.78 is 39.3. The molecule has 0 amide bonds. The van der Waals surface area contributed by atoms with Crippen LogP contribution in [0.2, 0.25) is 0 Å². The fraction of sp³-hybridized carbons (Fsp3) is 0.625. The first kappa shape index (κ1) is 17.6. The normalized spacial score (nSPS) is 30.2. The average molecular weight is 356 g/mol. The van der Waals surface area contributed by atoms with Gasteiger partial charge in [0.05, 0.1) is 13.2 Å². The Balaban J connectivity index is 1.68. The Morgan fingerprint density at radius 1 is 1.17 bits per heavy atom. The van der Waals surface area contributed by atoms with Gasteiger partial charge in [0.25, 0.3) is 10.2 Å². The van der Waals surface area contributed by atoms with Gasteiger partial charge in [-0.2, -0.15) is 17.0 Å². The number of ether oxygens (including phenoxy) is 2. The predicted molar refractivity (Wildman–Crippen MR) is 89.0 cm³/mol. The topological polar surface area (TPSA) is 79.3 Å². The molecular weight excluding hydrogens is 332 g/mol. The lowest BCUT2D eigenvalue weighted by molar-refractivity contribution is -0.0826. The van der Waals surface area contributed by atoms with E-state index in [-0.39, 0.29) is 6.54 Å². The Bertz CT molecular complexity index is 644. The molecule has 134 valence electrons. The van der Waals surface area contributed by atoms with Gasteiger partial charge in [0.1, 0.15) is 17.5 Å². The lowest BCUT2D eigenvalue weighted by Gasteiger charge is -2.43. The van der Waals surface area contributed by atoms with Crippen molar-refractivity contribution < 1.29 is 23.0 Å². The molecule has 1 N–H and O–H groups in total. The summed E-state index contributed by atoms with van der Waals surface area (Å²) >= 11 is 0. The van der Waals surface area contributed by atoms with Gasteiger partial charge in [-0.1, -0.05) is 18.2 Å². The molecule has 7 nitrogen and oxygen atoms in total. The molecule has 0 unspecified atom stereocenters. The van der Waals surface area contributed by atoms with Gasteiger partial charge in [0.2, 0.25) is 0 Å². The molecule has 3 rings (SSSR count). The summed E-state index contributed by atoms with van der Waals surface area (Å²) in [5, 5.41) is 10.8. The molecule has 2 heterocycles. The fourth-order valence-corrected chi connectivity index (χ4v) is 4.79. The van der Waals surface area contributed by atoms with Crippen molar-refractivity contribution >= 4 is 10.2 Å². The van der Waals surface area contributed by atoms with Crippen LogP contribution in [0, 0.1) is 0 Å². The molecule has 0 spiro atoms. The van der Waals surface area contributed by atoms with Gasteiger partial charge in [0.15, 0.2) is 0 Å². The number of hydrogen-bond donors (Lipinski definition) is 1. The number of β-amino-alcohol motifs (C(OH)–C–C–N with tert-alkyl or cyclic N) is 1. The van der Waals surface area contributed by atoms with Crippen molar-refractivity contribution in [1.29, 1.82) is 0 Å². The van der Waals surface area contributed by atoms with Crippen LogP contribution in [0.15, 0.2) is 30.3 Å². The number of para-hydroxylation sites is 1. The lowest BCUT2D eigenvalue weighted by atomic mass is 9.93. The molecule has 1 aromatic rings. The van der Waals surface area contributed by atoms with Gasteiger partial charge in [-0.3, -0.25) is 0 Å². The molecule has 24 heavy (non-hydrogen) atoms. The molecule has 2 aliphatic heterocycles. The maximum Gasteiger partial charge on any atom is 0.282 e. The highest BCUT2D eigenvalue weighted by Crippen LogP contribution is 2.28. The first-order chi connectivity index (χ1) is 11.4. The number of hydrogen-bond acceptors (Lipinski definition) is 5. The highest BCUT2D eigenvalue weighted by atomic mass is 32.2. The van der Waals surface area contributed by atoms with Crippen LogP contribution in [0.25, 0.3) is 0 Å². The van der Waals surface area contributed by atoms with Gasteiger partial charge in [-0.25, -0.2) is 0 Å². The van der Waals surface area contributed by atoms with Crippen LogP contribution < -0.4 is 4.74 Å². The van der Waals surface area contributed by atoms with Crippen molar-refractivity contribution in [1.82, 2.24) is 8.61 Å². The summed E-state index contributed by atoms with van der Waals surface area (Å²) in [5.41, 5.74) is -1.26. The Labute approximate surface area is 143 Å². The minimum atomic E-state index is -3.58. The van der Waals surface area contributed by atoms with Gasteiger partial charge >= 0.3 is 0 Å². The number of nitrogens with zero attached hydrogens (tertiary/aromatic N) is 2. The van der Waals surface area contributed by atoms with Crippen molar-refractivity contribution in [2.24, 2.45) is 0 Å². The van der Waals surface area contributed by atoms with E-state index in [1.807, 2.05) is 30.3 Å². The van der Waals surface area contributed by atoms with E-state index in [1.54, 1.807) is 6.92 Å². The quantitative estimate of drug-likeness (QED) is 0.848. The smallest absolute Gasteiger partial charge is 0.282 e. The zero-order valence-electron chi connectivity index (χ0n) is 13.8. The van der Waals surface area contributed by atoms with Crippen LogP contribution in [0.1, 0.15) is 13.3 Å². The number of piperidine rings is 1. The molecule has 2 atom stereocenters. The van der Waals surface area contributed by atoms with E-state index in [2.05, 4.69) is 0 Å². The molecule has 0 saturated carbocycles. The molecule has 1 aromatic carbocycles. The second-order valence-corrected chi connectivity index (χ2v) is 8.35. The largest absolute Gasteiger partial charge is 0.487 e. The Morgan fingerprint density at radius 3 is 2.46 bits per heavy atom. The molecule has 8 heteroatoms. The van der Waals surface area contributed by atoms with E-state index in [0.717, 1.165) is 0 Å². The average Bonchev–Trinajstić information content (AvgIpc) is 2.58. The third-order valence-electron chi connectivity index (χ3n) is 4.47. The summed E-state index contributed by atoms with van der Waals surface area (Å²) in [4.78, 5) is 0. The van der Waals surface area contributed by atoms with E-state index >= 15 is 0 Å². The Hall–Kier alpha value is -1.19.